The lowest BCUT2D eigenvalue weighted by Crippen LogP contribution is -2.44. The summed E-state index contributed by atoms with van der Waals surface area (Å²) in [5.41, 5.74) is 1.58. The molecule has 1 saturated heterocycles. The first-order valence-corrected chi connectivity index (χ1v) is 11.6. The second kappa shape index (κ2) is 7.97. The Balaban J connectivity index is 1.36. The maximum Gasteiger partial charge on any atom is 0.240 e. The van der Waals surface area contributed by atoms with Gasteiger partial charge in [0, 0.05) is 43.7 Å². The number of carbonyl (C=O) groups excluding carboxylic acids is 1. The van der Waals surface area contributed by atoms with Crippen LogP contribution in [-0.4, -0.2) is 43.7 Å². The summed E-state index contributed by atoms with van der Waals surface area (Å²) >= 11 is 6.11. The maximum absolute atomic E-state index is 12.7. The van der Waals surface area contributed by atoms with Gasteiger partial charge >= 0.3 is 0 Å². The molecule has 0 atom stereocenters. The number of H-pyrrole nitrogens is 1. The van der Waals surface area contributed by atoms with Crippen LogP contribution < -0.4 is 14.9 Å². The van der Waals surface area contributed by atoms with Crippen LogP contribution in [0, 0.1) is 0 Å². The summed E-state index contributed by atoms with van der Waals surface area (Å²) in [7, 11) is -3.70. The van der Waals surface area contributed by atoms with Gasteiger partial charge in [0.2, 0.25) is 15.9 Å². The molecule has 1 saturated carbocycles. The number of benzene rings is 1. The summed E-state index contributed by atoms with van der Waals surface area (Å²) in [6.07, 6.45) is 3.84. The molecule has 1 aromatic heterocycles. The molecule has 0 bridgehead atoms. The number of amides is 1. The number of hydrogen-bond acceptors (Lipinski definition) is 5. The zero-order chi connectivity index (χ0) is 20.6. The van der Waals surface area contributed by atoms with Gasteiger partial charge in [-0.3, -0.25) is 9.89 Å². The van der Waals surface area contributed by atoms with Crippen molar-refractivity contribution in [1.82, 2.24) is 14.9 Å². The average molecular weight is 438 g/mol. The summed E-state index contributed by atoms with van der Waals surface area (Å²) in [5.74, 6) is 1.30. The molecule has 1 aliphatic heterocycles. The quantitative estimate of drug-likeness (QED) is 0.644. The molecule has 0 radical (unpaired) electrons. The number of piperidine rings is 1. The Kier molecular flexibility index (Phi) is 5.54. The standard InChI is InChI=1S/C19H24ClN5O3S/c1-12(26)21-17-5-4-15(10-16(17)20)29(27,28)24-14-6-8-25(9-7-14)19-11-18(22-23-19)13-2-3-13/h4-5,10-11,13-14,24H,2-3,6-9H2,1H3,(H,21,26)(H,22,23). The zero-order valence-corrected chi connectivity index (χ0v) is 17.7. The first-order valence-electron chi connectivity index (χ1n) is 9.71. The number of hydrogen-bond donors (Lipinski definition) is 3. The number of nitrogens with zero attached hydrogens (tertiary/aromatic N) is 2. The third-order valence-electron chi connectivity index (χ3n) is 5.30. The average Bonchev–Trinajstić information content (AvgIpc) is 3.40. The summed E-state index contributed by atoms with van der Waals surface area (Å²) in [5, 5.41) is 10.3. The predicted molar refractivity (Wildman–Crippen MR) is 112 cm³/mol. The first kappa shape index (κ1) is 20.2. The molecular weight excluding hydrogens is 414 g/mol. The van der Waals surface area contributed by atoms with Crippen LogP contribution in [-0.2, 0) is 14.8 Å². The minimum Gasteiger partial charge on any atom is -0.355 e. The summed E-state index contributed by atoms with van der Waals surface area (Å²) in [6.45, 7) is 2.85. The topological polar surface area (TPSA) is 107 Å². The number of aromatic nitrogens is 2. The molecule has 1 aliphatic carbocycles. The molecular formula is C19H24ClN5O3S. The Bertz CT molecular complexity index is 1010. The third kappa shape index (κ3) is 4.73. The van der Waals surface area contributed by atoms with E-state index in [0.717, 1.165) is 18.9 Å². The Morgan fingerprint density at radius 2 is 1.93 bits per heavy atom. The normalized spacial score (nSPS) is 18.1. The van der Waals surface area contributed by atoms with E-state index in [4.69, 9.17) is 11.6 Å². The Morgan fingerprint density at radius 1 is 1.21 bits per heavy atom. The van der Waals surface area contributed by atoms with E-state index in [2.05, 4.69) is 31.2 Å². The van der Waals surface area contributed by atoms with Gasteiger partial charge in [0.15, 0.2) is 5.82 Å². The Labute approximate surface area is 175 Å². The van der Waals surface area contributed by atoms with Crippen LogP contribution in [0.1, 0.15) is 44.2 Å². The molecule has 1 amide bonds. The van der Waals surface area contributed by atoms with E-state index in [1.165, 1.54) is 43.7 Å². The highest BCUT2D eigenvalue weighted by atomic mass is 35.5. The lowest BCUT2D eigenvalue weighted by atomic mass is 10.1. The van der Waals surface area contributed by atoms with Crippen molar-refractivity contribution in [1.29, 1.82) is 0 Å². The van der Waals surface area contributed by atoms with Crippen molar-refractivity contribution in [2.45, 2.75) is 49.5 Å². The van der Waals surface area contributed by atoms with Crippen molar-refractivity contribution in [2.75, 3.05) is 23.3 Å². The summed E-state index contributed by atoms with van der Waals surface area (Å²) in [6, 6.07) is 6.26. The Hall–Kier alpha value is -2.10. The van der Waals surface area contributed by atoms with Crippen LogP contribution >= 0.6 is 11.6 Å². The molecule has 8 nitrogen and oxygen atoms in total. The van der Waals surface area contributed by atoms with E-state index in [1.807, 2.05) is 0 Å². The van der Waals surface area contributed by atoms with Gasteiger partial charge in [0.25, 0.3) is 0 Å². The molecule has 3 N–H and O–H groups in total. The van der Waals surface area contributed by atoms with Gasteiger partial charge in [0.1, 0.15) is 0 Å². The lowest BCUT2D eigenvalue weighted by molar-refractivity contribution is -0.114. The van der Waals surface area contributed by atoms with E-state index in [9.17, 15) is 13.2 Å². The van der Waals surface area contributed by atoms with Crippen molar-refractivity contribution >= 4 is 39.0 Å². The second-order valence-electron chi connectivity index (χ2n) is 7.66. The number of aromatic amines is 1. The molecule has 2 aromatic rings. The number of carbonyl (C=O) groups is 1. The maximum atomic E-state index is 12.7. The van der Waals surface area contributed by atoms with Crippen LogP contribution in [0.3, 0.4) is 0 Å². The smallest absolute Gasteiger partial charge is 0.240 e. The van der Waals surface area contributed by atoms with E-state index in [1.54, 1.807) is 0 Å². The van der Waals surface area contributed by atoms with Crippen molar-refractivity contribution in [2.24, 2.45) is 0 Å². The van der Waals surface area contributed by atoms with Gasteiger partial charge in [0.05, 0.1) is 15.6 Å². The third-order valence-corrected chi connectivity index (χ3v) is 7.13. The van der Waals surface area contributed by atoms with Gasteiger partial charge in [-0.25, -0.2) is 13.1 Å². The number of nitrogens with one attached hydrogen (secondary N) is 3. The monoisotopic (exact) mass is 437 g/mol. The highest BCUT2D eigenvalue weighted by Gasteiger charge is 2.29. The molecule has 0 unspecified atom stereocenters. The fourth-order valence-electron chi connectivity index (χ4n) is 3.56. The van der Waals surface area contributed by atoms with Crippen LogP contribution in [0.4, 0.5) is 11.5 Å². The fraction of sp³-hybridized carbons (Fsp3) is 0.474. The molecule has 10 heteroatoms. The van der Waals surface area contributed by atoms with Crippen molar-refractivity contribution < 1.29 is 13.2 Å². The molecule has 2 heterocycles. The molecule has 2 aliphatic rings. The zero-order valence-electron chi connectivity index (χ0n) is 16.1. The Morgan fingerprint density at radius 3 is 2.55 bits per heavy atom. The van der Waals surface area contributed by atoms with E-state index in [-0.39, 0.29) is 21.9 Å². The van der Waals surface area contributed by atoms with E-state index < -0.39 is 10.0 Å². The molecule has 1 aromatic carbocycles. The summed E-state index contributed by atoms with van der Waals surface area (Å²) in [4.78, 5) is 13.4. The predicted octanol–water partition coefficient (Wildman–Crippen LogP) is 2.85. The molecule has 2 fully saturated rings. The fourth-order valence-corrected chi connectivity index (χ4v) is 5.18. The highest BCUT2D eigenvalue weighted by Crippen LogP contribution is 2.40. The molecule has 0 spiro atoms. The molecule has 4 rings (SSSR count). The SMILES string of the molecule is CC(=O)Nc1ccc(S(=O)(=O)NC2CCN(c3cc(C4CC4)[nH]n3)CC2)cc1Cl. The summed E-state index contributed by atoms with van der Waals surface area (Å²) < 4.78 is 28.2. The second-order valence-corrected chi connectivity index (χ2v) is 9.78. The van der Waals surface area contributed by atoms with Crippen molar-refractivity contribution in [3.8, 4) is 0 Å². The minimum absolute atomic E-state index is 0.0837. The van der Waals surface area contributed by atoms with Gasteiger partial charge in [-0.2, -0.15) is 5.10 Å². The molecule has 156 valence electrons. The van der Waals surface area contributed by atoms with Gasteiger partial charge in [-0.05, 0) is 43.9 Å². The lowest BCUT2D eigenvalue weighted by Gasteiger charge is -2.32. The van der Waals surface area contributed by atoms with E-state index in [0.29, 0.717) is 24.4 Å². The largest absolute Gasteiger partial charge is 0.355 e. The van der Waals surface area contributed by atoms with E-state index >= 15 is 0 Å². The number of halogens is 1. The van der Waals surface area contributed by atoms with Crippen LogP contribution in [0.25, 0.3) is 0 Å². The first-order chi connectivity index (χ1) is 13.8. The van der Waals surface area contributed by atoms with Crippen LogP contribution in [0.5, 0.6) is 0 Å². The number of sulfonamides is 1. The van der Waals surface area contributed by atoms with Gasteiger partial charge < -0.3 is 10.2 Å². The molecule has 29 heavy (non-hydrogen) atoms. The van der Waals surface area contributed by atoms with Crippen LogP contribution in [0.15, 0.2) is 29.2 Å². The number of anilines is 2. The highest BCUT2D eigenvalue weighted by molar-refractivity contribution is 7.89. The van der Waals surface area contributed by atoms with Crippen LogP contribution in [0.2, 0.25) is 5.02 Å². The minimum atomic E-state index is -3.70. The van der Waals surface area contributed by atoms with Crippen molar-refractivity contribution in [3.63, 3.8) is 0 Å². The van der Waals surface area contributed by atoms with Gasteiger partial charge in [-0.1, -0.05) is 11.6 Å². The van der Waals surface area contributed by atoms with Crippen molar-refractivity contribution in [3.05, 3.63) is 35.0 Å². The van der Waals surface area contributed by atoms with Gasteiger partial charge in [-0.15, -0.1) is 0 Å². The number of rotatable bonds is 6.